The zero-order valence-corrected chi connectivity index (χ0v) is 14.5. The molecule has 132 valence electrons. The molecule has 0 bridgehead atoms. The molecule has 1 aliphatic heterocycles. The number of benzene rings is 2. The Morgan fingerprint density at radius 3 is 2.92 bits per heavy atom. The molecule has 0 saturated heterocycles. The first kappa shape index (κ1) is 15.3. The summed E-state index contributed by atoms with van der Waals surface area (Å²) in [6, 6.07) is 14.2. The number of amides is 1. The number of nitrogens with one attached hydrogen (secondary N) is 1. The van der Waals surface area contributed by atoms with E-state index in [0.29, 0.717) is 13.1 Å². The van der Waals surface area contributed by atoms with Gasteiger partial charge in [-0.25, -0.2) is 0 Å². The van der Waals surface area contributed by atoms with Crippen molar-refractivity contribution in [2.75, 3.05) is 6.79 Å². The quantitative estimate of drug-likeness (QED) is 0.788. The number of hydrogen-bond acceptors (Lipinski definition) is 3. The third kappa shape index (κ3) is 2.51. The molecule has 5 heteroatoms. The predicted octanol–water partition coefficient (Wildman–Crippen LogP) is 3.18. The molecule has 5 nitrogen and oxygen atoms in total. The van der Waals surface area contributed by atoms with Crippen LogP contribution in [0.15, 0.2) is 42.5 Å². The summed E-state index contributed by atoms with van der Waals surface area (Å²) in [5.74, 6) is 1.53. The highest BCUT2D eigenvalue weighted by atomic mass is 16.7. The van der Waals surface area contributed by atoms with Crippen molar-refractivity contribution in [1.29, 1.82) is 0 Å². The van der Waals surface area contributed by atoms with Crippen molar-refractivity contribution in [2.24, 2.45) is 0 Å². The Morgan fingerprint density at radius 2 is 1.96 bits per heavy atom. The van der Waals surface area contributed by atoms with Crippen molar-refractivity contribution in [1.82, 2.24) is 9.88 Å². The lowest BCUT2D eigenvalue weighted by Gasteiger charge is -2.11. The van der Waals surface area contributed by atoms with E-state index >= 15 is 0 Å². The molecule has 26 heavy (non-hydrogen) atoms. The summed E-state index contributed by atoms with van der Waals surface area (Å²) in [5.41, 5.74) is 4.91. The number of aromatic nitrogens is 1. The number of fused-ring (bicyclic) bond motifs is 4. The Morgan fingerprint density at radius 1 is 1.08 bits per heavy atom. The van der Waals surface area contributed by atoms with Gasteiger partial charge in [-0.2, -0.15) is 0 Å². The highest BCUT2D eigenvalue weighted by Crippen LogP contribution is 2.33. The van der Waals surface area contributed by atoms with Crippen LogP contribution in [0.25, 0.3) is 10.9 Å². The van der Waals surface area contributed by atoms with Crippen molar-refractivity contribution in [3.63, 3.8) is 0 Å². The van der Waals surface area contributed by atoms with E-state index in [1.54, 1.807) is 0 Å². The van der Waals surface area contributed by atoms with E-state index in [9.17, 15) is 4.79 Å². The number of carbonyl (C=O) groups excluding carboxylic acids is 1. The van der Waals surface area contributed by atoms with Gasteiger partial charge < -0.3 is 19.4 Å². The molecular formula is C21H20N2O3. The van der Waals surface area contributed by atoms with Crippen LogP contribution in [0.4, 0.5) is 0 Å². The van der Waals surface area contributed by atoms with Gasteiger partial charge in [-0.1, -0.05) is 24.3 Å². The van der Waals surface area contributed by atoms with E-state index in [-0.39, 0.29) is 12.7 Å². The highest BCUT2D eigenvalue weighted by molar-refractivity contribution is 5.88. The van der Waals surface area contributed by atoms with Gasteiger partial charge >= 0.3 is 0 Å². The van der Waals surface area contributed by atoms with Gasteiger partial charge in [0, 0.05) is 23.1 Å². The van der Waals surface area contributed by atoms with Crippen LogP contribution in [0.3, 0.4) is 0 Å². The topological polar surface area (TPSA) is 52.5 Å². The fraction of sp³-hybridized carbons (Fsp3) is 0.286. The largest absolute Gasteiger partial charge is 0.454 e. The second-order valence-electron chi connectivity index (χ2n) is 6.85. The molecule has 2 heterocycles. The molecule has 1 aliphatic carbocycles. The number of ether oxygens (including phenoxy) is 2. The van der Waals surface area contributed by atoms with E-state index < -0.39 is 0 Å². The fourth-order valence-electron chi connectivity index (χ4n) is 4.06. The molecule has 2 aromatic carbocycles. The van der Waals surface area contributed by atoms with Crippen LogP contribution in [-0.4, -0.2) is 17.3 Å². The molecule has 2 aliphatic rings. The maximum Gasteiger partial charge on any atom is 0.240 e. The number of para-hydroxylation sites is 1. The van der Waals surface area contributed by atoms with E-state index in [2.05, 4.69) is 28.1 Å². The Hall–Kier alpha value is -2.95. The average molecular weight is 348 g/mol. The fourth-order valence-corrected chi connectivity index (χ4v) is 4.06. The molecule has 0 spiro atoms. The van der Waals surface area contributed by atoms with Crippen LogP contribution in [0.2, 0.25) is 0 Å². The number of rotatable bonds is 4. The molecule has 0 saturated carbocycles. The summed E-state index contributed by atoms with van der Waals surface area (Å²) < 4.78 is 12.9. The van der Waals surface area contributed by atoms with E-state index in [4.69, 9.17) is 9.47 Å². The van der Waals surface area contributed by atoms with Crippen molar-refractivity contribution >= 4 is 16.8 Å². The lowest BCUT2D eigenvalue weighted by molar-refractivity contribution is -0.121. The van der Waals surface area contributed by atoms with Crippen LogP contribution in [-0.2, 0) is 30.7 Å². The summed E-state index contributed by atoms with van der Waals surface area (Å²) >= 11 is 0. The Balaban J connectivity index is 1.33. The van der Waals surface area contributed by atoms with Gasteiger partial charge in [0.05, 0.1) is 0 Å². The van der Waals surface area contributed by atoms with Gasteiger partial charge in [0.1, 0.15) is 6.54 Å². The molecule has 0 fully saturated rings. The van der Waals surface area contributed by atoms with E-state index in [1.165, 1.54) is 23.1 Å². The smallest absolute Gasteiger partial charge is 0.240 e. The second kappa shape index (κ2) is 6.09. The Labute approximate surface area is 151 Å². The molecule has 5 rings (SSSR count). The summed E-state index contributed by atoms with van der Waals surface area (Å²) in [4.78, 5) is 12.6. The molecular weight excluding hydrogens is 328 g/mol. The van der Waals surface area contributed by atoms with Gasteiger partial charge in [0.15, 0.2) is 11.5 Å². The molecule has 1 aromatic heterocycles. The summed E-state index contributed by atoms with van der Waals surface area (Å²) in [7, 11) is 0. The van der Waals surface area contributed by atoms with Gasteiger partial charge in [-0.15, -0.1) is 0 Å². The zero-order chi connectivity index (χ0) is 17.5. The van der Waals surface area contributed by atoms with Crippen molar-refractivity contribution < 1.29 is 14.3 Å². The minimum atomic E-state index is 0.0260. The standard InChI is InChI=1S/C21H20N2O3/c24-21(22-11-14-8-9-19-20(10-14)26-13-25-19)12-23-17-6-2-1-4-15(17)16-5-3-7-18(16)23/h1-2,4,6,8-10H,3,5,7,11-13H2,(H,22,24). The maximum absolute atomic E-state index is 12.6. The third-order valence-corrected chi connectivity index (χ3v) is 5.26. The summed E-state index contributed by atoms with van der Waals surface area (Å²) in [5, 5.41) is 4.32. The molecule has 0 atom stereocenters. The Bertz CT molecular complexity index is 1010. The number of carbonyl (C=O) groups is 1. The monoisotopic (exact) mass is 348 g/mol. The van der Waals surface area contributed by atoms with E-state index in [0.717, 1.165) is 35.4 Å². The second-order valence-corrected chi connectivity index (χ2v) is 6.85. The number of hydrogen-bond donors (Lipinski definition) is 1. The van der Waals surface area contributed by atoms with Crippen LogP contribution >= 0.6 is 0 Å². The highest BCUT2D eigenvalue weighted by Gasteiger charge is 2.22. The zero-order valence-electron chi connectivity index (χ0n) is 14.5. The third-order valence-electron chi connectivity index (χ3n) is 5.26. The lowest BCUT2D eigenvalue weighted by Crippen LogP contribution is -2.27. The van der Waals surface area contributed by atoms with Crippen molar-refractivity contribution in [3.8, 4) is 11.5 Å². The lowest BCUT2D eigenvalue weighted by atomic mass is 10.1. The minimum absolute atomic E-state index is 0.0260. The number of aryl methyl sites for hydroxylation is 1. The Kier molecular flexibility index (Phi) is 3.59. The van der Waals surface area contributed by atoms with Crippen LogP contribution < -0.4 is 14.8 Å². The molecule has 1 amide bonds. The molecule has 3 aromatic rings. The van der Waals surface area contributed by atoms with Crippen molar-refractivity contribution in [3.05, 3.63) is 59.3 Å². The first-order valence-electron chi connectivity index (χ1n) is 9.04. The molecule has 0 radical (unpaired) electrons. The van der Waals surface area contributed by atoms with Gasteiger partial charge in [-0.3, -0.25) is 4.79 Å². The maximum atomic E-state index is 12.6. The summed E-state index contributed by atoms with van der Waals surface area (Å²) in [6.07, 6.45) is 3.34. The average Bonchev–Trinajstić information content (AvgIpc) is 3.37. The minimum Gasteiger partial charge on any atom is -0.454 e. The van der Waals surface area contributed by atoms with Gasteiger partial charge in [-0.05, 0) is 48.6 Å². The molecule has 0 unspecified atom stereocenters. The SMILES string of the molecule is O=C(Cn1c2c(c3ccccc31)CCC2)NCc1ccc2c(c1)OCO2. The normalized spacial score (nSPS) is 14.6. The van der Waals surface area contributed by atoms with E-state index in [1.807, 2.05) is 24.3 Å². The predicted molar refractivity (Wildman–Crippen MR) is 98.4 cm³/mol. The van der Waals surface area contributed by atoms with Crippen molar-refractivity contribution in [2.45, 2.75) is 32.4 Å². The molecule has 1 N–H and O–H groups in total. The summed E-state index contributed by atoms with van der Waals surface area (Å²) in [6.45, 7) is 1.11. The van der Waals surface area contributed by atoms with Crippen LogP contribution in [0.5, 0.6) is 11.5 Å². The first-order valence-corrected chi connectivity index (χ1v) is 9.04. The van der Waals surface area contributed by atoms with Gasteiger partial charge in [0.25, 0.3) is 0 Å². The first-order chi connectivity index (χ1) is 12.8. The number of nitrogens with zero attached hydrogens (tertiary/aromatic N) is 1. The van der Waals surface area contributed by atoms with Gasteiger partial charge in [0.2, 0.25) is 12.7 Å². The van der Waals surface area contributed by atoms with Crippen LogP contribution in [0.1, 0.15) is 23.2 Å². The van der Waals surface area contributed by atoms with Crippen LogP contribution in [0, 0.1) is 0 Å².